The molecule has 4 heteroatoms. The molecule has 2 nitrogen and oxygen atoms in total. The van der Waals surface area contributed by atoms with E-state index in [1.807, 2.05) is 0 Å². The number of phenolic OH excluding ortho intramolecular Hbond substituents is 1. The Kier molecular flexibility index (Phi) is 3.11. The van der Waals surface area contributed by atoms with Gasteiger partial charge in [0.25, 0.3) is 0 Å². The lowest BCUT2D eigenvalue weighted by atomic mass is 10.0. The molecule has 0 bridgehead atoms. The van der Waals surface area contributed by atoms with Crippen LogP contribution in [0.5, 0.6) is 5.75 Å². The second-order valence-electron chi connectivity index (χ2n) is 3.49. The lowest BCUT2D eigenvalue weighted by Gasteiger charge is -2.07. The Morgan fingerprint density at radius 2 is 1.88 bits per heavy atom. The average Bonchev–Trinajstić information content (AvgIpc) is 2.32. The van der Waals surface area contributed by atoms with Crippen LogP contribution in [-0.4, -0.2) is 11.4 Å². The number of carbonyl (C=O) groups excluding carboxylic acids is 1. The van der Waals surface area contributed by atoms with E-state index in [4.69, 9.17) is 11.6 Å². The molecule has 0 amide bonds. The highest BCUT2D eigenvalue weighted by Crippen LogP contribution is 2.33. The molecule has 2 rings (SSSR count). The predicted octanol–water partition coefficient (Wildman–Crippen LogP) is 3.66. The second-order valence-corrected chi connectivity index (χ2v) is 3.90. The number of halogens is 2. The fourth-order valence-corrected chi connectivity index (χ4v) is 1.80. The van der Waals surface area contributed by atoms with Crippen molar-refractivity contribution in [2.75, 3.05) is 0 Å². The van der Waals surface area contributed by atoms with Gasteiger partial charge in [-0.05, 0) is 18.2 Å². The molecule has 2 aromatic carbocycles. The highest BCUT2D eigenvalue weighted by molar-refractivity contribution is 6.33. The van der Waals surface area contributed by atoms with E-state index in [-0.39, 0.29) is 16.9 Å². The van der Waals surface area contributed by atoms with Crippen LogP contribution in [0.1, 0.15) is 10.4 Å². The van der Waals surface area contributed by atoms with Crippen molar-refractivity contribution in [1.82, 2.24) is 0 Å². The van der Waals surface area contributed by atoms with Gasteiger partial charge in [-0.1, -0.05) is 29.8 Å². The lowest BCUT2D eigenvalue weighted by Crippen LogP contribution is -1.90. The van der Waals surface area contributed by atoms with E-state index in [9.17, 15) is 14.3 Å². The van der Waals surface area contributed by atoms with Gasteiger partial charge in [-0.25, -0.2) is 4.39 Å². The monoisotopic (exact) mass is 250 g/mol. The summed E-state index contributed by atoms with van der Waals surface area (Å²) in [5.74, 6) is -0.866. The first-order valence-electron chi connectivity index (χ1n) is 4.86. The van der Waals surface area contributed by atoms with Crippen LogP contribution in [0.25, 0.3) is 11.1 Å². The van der Waals surface area contributed by atoms with Crippen LogP contribution in [0.4, 0.5) is 4.39 Å². The number of hydrogen-bond acceptors (Lipinski definition) is 2. The first-order valence-corrected chi connectivity index (χ1v) is 5.24. The summed E-state index contributed by atoms with van der Waals surface area (Å²) >= 11 is 5.94. The van der Waals surface area contributed by atoms with Gasteiger partial charge in [0, 0.05) is 16.1 Å². The molecule has 0 saturated carbocycles. The smallest absolute Gasteiger partial charge is 0.153 e. The molecular formula is C13H8ClFO2. The molecule has 0 saturated heterocycles. The van der Waals surface area contributed by atoms with Gasteiger partial charge in [0.15, 0.2) is 6.29 Å². The summed E-state index contributed by atoms with van der Waals surface area (Å²) in [6.45, 7) is 0. The SMILES string of the molecule is O=Cc1cc(F)c(-c2ccccc2Cl)cc1O. The Balaban J connectivity index is 2.65. The molecule has 0 atom stereocenters. The van der Waals surface area contributed by atoms with E-state index in [1.54, 1.807) is 24.3 Å². The third-order valence-corrected chi connectivity index (χ3v) is 2.74. The molecule has 0 aliphatic heterocycles. The summed E-state index contributed by atoms with van der Waals surface area (Å²) in [7, 11) is 0. The Bertz CT molecular complexity index is 582. The van der Waals surface area contributed by atoms with Crippen LogP contribution in [0.15, 0.2) is 36.4 Å². The Hall–Kier alpha value is -1.87. The second kappa shape index (κ2) is 4.55. The number of aldehydes is 1. The summed E-state index contributed by atoms with van der Waals surface area (Å²) in [5.41, 5.74) is 0.552. The van der Waals surface area contributed by atoms with Gasteiger partial charge < -0.3 is 5.11 Å². The normalized spacial score (nSPS) is 10.2. The summed E-state index contributed by atoms with van der Waals surface area (Å²) < 4.78 is 13.8. The number of rotatable bonds is 2. The van der Waals surface area contributed by atoms with Crippen molar-refractivity contribution < 1.29 is 14.3 Å². The number of hydrogen-bond donors (Lipinski definition) is 1. The molecular weight excluding hydrogens is 243 g/mol. The highest BCUT2D eigenvalue weighted by atomic mass is 35.5. The summed E-state index contributed by atoms with van der Waals surface area (Å²) in [6, 6.07) is 8.89. The lowest BCUT2D eigenvalue weighted by molar-refractivity contribution is 0.112. The molecule has 0 fully saturated rings. The van der Waals surface area contributed by atoms with Crippen molar-refractivity contribution in [2.45, 2.75) is 0 Å². The van der Waals surface area contributed by atoms with E-state index in [1.165, 1.54) is 6.07 Å². The predicted molar refractivity (Wildman–Crippen MR) is 63.9 cm³/mol. The Morgan fingerprint density at radius 1 is 1.18 bits per heavy atom. The standard InChI is InChI=1S/C13H8ClFO2/c14-11-4-2-1-3-9(11)10-6-13(17)8(7-16)5-12(10)15/h1-7,17H. The molecule has 0 heterocycles. The molecule has 0 aliphatic rings. The maximum absolute atomic E-state index is 13.8. The zero-order valence-corrected chi connectivity index (χ0v) is 9.41. The summed E-state index contributed by atoms with van der Waals surface area (Å²) in [4.78, 5) is 10.5. The minimum absolute atomic E-state index is 0.0849. The van der Waals surface area contributed by atoms with Crippen molar-refractivity contribution >= 4 is 17.9 Å². The van der Waals surface area contributed by atoms with E-state index >= 15 is 0 Å². The Morgan fingerprint density at radius 3 is 2.53 bits per heavy atom. The van der Waals surface area contributed by atoms with Gasteiger partial charge in [-0.3, -0.25) is 4.79 Å². The molecule has 0 spiro atoms. The maximum atomic E-state index is 13.8. The summed E-state index contributed by atoms with van der Waals surface area (Å²) in [6.07, 6.45) is 0.398. The van der Waals surface area contributed by atoms with Crippen LogP contribution in [0, 0.1) is 5.82 Å². The van der Waals surface area contributed by atoms with Crippen LogP contribution in [-0.2, 0) is 0 Å². The van der Waals surface area contributed by atoms with Crippen LogP contribution in [0.3, 0.4) is 0 Å². The van der Waals surface area contributed by atoms with E-state index in [0.717, 1.165) is 6.07 Å². The van der Waals surface area contributed by atoms with Crippen molar-refractivity contribution in [2.24, 2.45) is 0 Å². The van der Waals surface area contributed by atoms with E-state index < -0.39 is 5.82 Å². The fourth-order valence-electron chi connectivity index (χ4n) is 1.56. The van der Waals surface area contributed by atoms with E-state index in [0.29, 0.717) is 16.9 Å². The molecule has 1 N–H and O–H groups in total. The first kappa shape index (κ1) is 11.6. The zero-order chi connectivity index (χ0) is 12.4. The van der Waals surface area contributed by atoms with Crippen LogP contribution >= 0.6 is 11.6 Å². The van der Waals surface area contributed by atoms with Crippen molar-refractivity contribution in [3.8, 4) is 16.9 Å². The molecule has 0 radical (unpaired) electrons. The number of phenols is 1. The Labute approximate surface area is 102 Å². The van der Waals surface area contributed by atoms with Crippen molar-refractivity contribution in [1.29, 1.82) is 0 Å². The van der Waals surface area contributed by atoms with E-state index in [2.05, 4.69) is 0 Å². The van der Waals surface area contributed by atoms with Gasteiger partial charge in [0.05, 0.1) is 5.56 Å². The van der Waals surface area contributed by atoms with Gasteiger partial charge in [-0.15, -0.1) is 0 Å². The minimum Gasteiger partial charge on any atom is -0.507 e. The van der Waals surface area contributed by atoms with Gasteiger partial charge >= 0.3 is 0 Å². The first-order chi connectivity index (χ1) is 8.13. The number of benzene rings is 2. The third kappa shape index (κ3) is 2.15. The zero-order valence-electron chi connectivity index (χ0n) is 8.65. The summed E-state index contributed by atoms with van der Waals surface area (Å²) in [5, 5.41) is 9.91. The average molecular weight is 251 g/mol. The van der Waals surface area contributed by atoms with Crippen molar-refractivity contribution in [3.05, 3.63) is 52.8 Å². The largest absolute Gasteiger partial charge is 0.507 e. The van der Waals surface area contributed by atoms with Crippen molar-refractivity contribution in [3.63, 3.8) is 0 Å². The number of aromatic hydroxyl groups is 1. The molecule has 0 unspecified atom stereocenters. The minimum atomic E-state index is -0.599. The topological polar surface area (TPSA) is 37.3 Å². The van der Waals surface area contributed by atoms with Crippen LogP contribution in [0.2, 0.25) is 5.02 Å². The van der Waals surface area contributed by atoms with Gasteiger partial charge in [-0.2, -0.15) is 0 Å². The van der Waals surface area contributed by atoms with Gasteiger partial charge in [0.1, 0.15) is 11.6 Å². The molecule has 17 heavy (non-hydrogen) atoms. The number of carbonyl (C=O) groups is 1. The quantitative estimate of drug-likeness (QED) is 0.826. The molecule has 0 aromatic heterocycles. The molecule has 0 aliphatic carbocycles. The van der Waals surface area contributed by atoms with Gasteiger partial charge in [0.2, 0.25) is 0 Å². The third-order valence-electron chi connectivity index (χ3n) is 2.41. The highest BCUT2D eigenvalue weighted by Gasteiger charge is 2.12. The maximum Gasteiger partial charge on any atom is 0.153 e. The van der Waals surface area contributed by atoms with Crippen LogP contribution < -0.4 is 0 Å². The molecule has 86 valence electrons. The molecule has 2 aromatic rings. The fraction of sp³-hybridized carbons (Fsp3) is 0.